The van der Waals surface area contributed by atoms with Crippen molar-refractivity contribution in [2.24, 2.45) is 29.4 Å². The van der Waals surface area contributed by atoms with Crippen LogP contribution in [0.4, 0.5) is 21.0 Å². The van der Waals surface area contributed by atoms with E-state index in [0.717, 1.165) is 140 Å². The molecular weight excluding hydrogens is 1510 g/mol. The molecule has 7 aliphatic rings. The number of amides is 4. The normalized spacial score (nSPS) is 18.6. The number of carbonyl (C=O) groups is 3. The maximum atomic E-state index is 12.9. The van der Waals surface area contributed by atoms with E-state index in [-0.39, 0.29) is 35.8 Å². The number of nitrogens with two attached hydrogens (primary N) is 1. The Morgan fingerprint density at radius 3 is 1.12 bits per heavy atom. The second-order valence-corrected chi connectivity index (χ2v) is 36.8. The number of hydrogen-bond acceptors (Lipinski definition) is 11. The molecular formula is C108H146N12O3. The number of hydrogen-bond donors (Lipinski definition) is 6. The molecule has 5 saturated heterocycles. The maximum Gasteiger partial charge on any atom is 0.322 e. The molecule has 9 aromatic rings. The fourth-order valence-electron chi connectivity index (χ4n) is 18.7. The summed E-state index contributed by atoms with van der Waals surface area (Å²) in [5, 5.41) is 17.4. The van der Waals surface area contributed by atoms with Gasteiger partial charge in [0, 0.05) is 123 Å². The zero-order valence-electron chi connectivity index (χ0n) is 76.5. The molecule has 0 bridgehead atoms. The topological polar surface area (TPSA) is 157 Å². The first kappa shape index (κ1) is 94.1. The Morgan fingerprint density at radius 1 is 0.398 bits per heavy atom. The highest BCUT2D eigenvalue weighted by Gasteiger charge is 2.41. The van der Waals surface area contributed by atoms with E-state index in [2.05, 4.69) is 319 Å². The molecule has 16 rings (SSSR count). The molecule has 0 aliphatic carbocycles. The number of Topliss-reactive ketones (excluding diaryl/α,β-unsaturated/α-hetero) is 1. The quantitative estimate of drug-likeness (QED) is 0.0381. The van der Waals surface area contributed by atoms with Crippen molar-refractivity contribution in [1.82, 2.24) is 45.3 Å². The number of para-hydroxylation sites is 2. The molecule has 0 spiro atoms. The van der Waals surface area contributed by atoms with Crippen LogP contribution in [0.3, 0.4) is 0 Å². The van der Waals surface area contributed by atoms with Gasteiger partial charge in [0.25, 0.3) is 0 Å². The molecule has 3 unspecified atom stereocenters. The van der Waals surface area contributed by atoms with E-state index in [4.69, 9.17) is 5.73 Å². The lowest BCUT2D eigenvalue weighted by molar-refractivity contribution is 0.0804. The first-order valence-electron chi connectivity index (χ1n) is 46.3. The van der Waals surface area contributed by atoms with Gasteiger partial charge < -0.3 is 42.1 Å². The van der Waals surface area contributed by atoms with Crippen molar-refractivity contribution in [2.75, 3.05) is 76.1 Å². The monoisotopic (exact) mass is 1660 g/mol. The van der Waals surface area contributed by atoms with Gasteiger partial charge in [0.1, 0.15) is 0 Å². The molecule has 7 aliphatic heterocycles. The lowest BCUT2D eigenvalue weighted by Crippen LogP contribution is -2.53. The number of urea groups is 2. The van der Waals surface area contributed by atoms with Crippen LogP contribution in [-0.4, -0.2) is 143 Å². The standard InChI is InChI=1S/C23H29N3O.C23H32N2.C23H30N2.C16H23N3O.C12H18N2.C11H14O/c1-17(2)22-20-10-6-7-11-21(20)24-23(27)26(22)19-12-14-25(15-13-19)16-18-8-4-3-5-9-18;2*1-18(2)23(22-12-8-7-9-19(22)3)24-21-13-15-25(16-14-21)17-20-10-5-4-6-11-20;1-11(2)15-13-5-3-4-6-14(13)18-16(20)19(15)12-7-9-17-10-8-12;13-12-6-8-14(9-7-12)10-11-4-2-1-3-5-11;1-8(2)11(12)10-7-5-4-6-9(10)3/h3-11,17,19,22H,12-16H2,1-2H3,(H,24,27);4-12,18,21,23-24H,13-17H2,1-3H3;4-12,21,24H,13-17H2,1-3H3;3-6,11-12,15,17H,7-10H2,1-2H3,(H,18,20);1-5,12H,6-10,13H2;4-8H,1-3H3. The molecule has 3 atom stereocenters. The number of nitrogens with zero attached hydrogens (tertiary/aromatic N) is 6. The number of allylic oxidation sites excluding steroid dienone is 1. The minimum absolute atomic E-state index is 0.0638. The second kappa shape index (κ2) is 48.1. The third-order valence-electron chi connectivity index (χ3n) is 25.6. The summed E-state index contributed by atoms with van der Waals surface area (Å²) in [6.07, 6.45) is 11.3. The smallest absolute Gasteiger partial charge is 0.322 e. The Hall–Kier alpha value is -9.55. The highest BCUT2D eigenvalue weighted by Crippen LogP contribution is 2.43. The summed E-state index contributed by atoms with van der Waals surface area (Å²) in [5.41, 5.74) is 26.1. The molecule has 656 valence electrons. The number of fused-ring (bicyclic) bond motifs is 2. The third kappa shape index (κ3) is 28.0. The summed E-state index contributed by atoms with van der Waals surface area (Å²) in [4.78, 5) is 51.5. The number of anilines is 2. The van der Waals surface area contributed by atoms with Gasteiger partial charge in [0.2, 0.25) is 0 Å². The largest absolute Gasteiger partial charge is 0.382 e. The average Bonchev–Trinajstić information content (AvgIpc) is 0.770. The molecule has 0 radical (unpaired) electrons. The fourth-order valence-corrected chi connectivity index (χ4v) is 18.7. The van der Waals surface area contributed by atoms with E-state index in [0.29, 0.717) is 54.0 Å². The summed E-state index contributed by atoms with van der Waals surface area (Å²) in [6.45, 7) is 43.5. The maximum absolute atomic E-state index is 12.9. The van der Waals surface area contributed by atoms with Gasteiger partial charge in [-0.1, -0.05) is 291 Å². The van der Waals surface area contributed by atoms with Crippen molar-refractivity contribution >= 4 is 34.9 Å². The predicted molar refractivity (Wildman–Crippen MR) is 514 cm³/mol. The molecule has 5 fully saturated rings. The van der Waals surface area contributed by atoms with Crippen LogP contribution in [0.2, 0.25) is 0 Å². The Kier molecular flexibility index (Phi) is 36.8. The zero-order chi connectivity index (χ0) is 87.2. The van der Waals surface area contributed by atoms with E-state index >= 15 is 0 Å². The Morgan fingerprint density at radius 2 is 0.740 bits per heavy atom. The minimum Gasteiger partial charge on any atom is -0.382 e. The Labute approximate surface area is 739 Å². The predicted octanol–water partition coefficient (Wildman–Crippen LogP) is 22.3. The zero-order valence-corrected chi connectivity index (χ0v) is 76.5. The van der Waals surface area contributed by atoms with Gasteiger partial charge in [-0.15, -0.1) is 0 Å². The molecule has 0 saturated carbocycles. The van der Waals surface area contributed by atoms with Crippen LogP contribution in [0.1, 0.15) is 223 Å². The SMILES string of the molecule is CC(C)=C(NC1CCN(Cc2ccccc2)CC1)c1ccccc1C.CC(C)C1c2ccccc2NC(=O)N1C1CCN(Cc2ccccc2)CC1.CC(C)C1c2ccccc2NC(=O)N1C1CCNCC1.Cc1ccccc1C(=O)C(C)C.Cc1ccccc1C(NC1CCN(Cc2ccccc2)CC1)C(C)C.NC1CCN(Cc2ccccc2)CC1. The van der Waals surface area contributed by atoms with Crippen LogP contribution >= 0.6 is 0 Å². The van der Waals surface area contributed by atoms with Crippen LogP contribution in [0.5, 0.6) is 0 Å². The van der Waals surface area contributed by atoms with E-state index in [1.807, 2.05) is 69.3 Å². The number of nitrogens with one attached hydrogen (secondary N) is 5. The summed E-state index contributed by atoms with van der Waals surface area (Å²) < 4.78 is 0. The van der Waals surface area contributed by atoms with Crippen molar-refractivity contribution in [3.05, 3.63) is 315 Å². The van der Waals surface area contributed by atoms with Crippen LogP contribution < -0.4 is 32.3 Å². The number of piperidine rings is 5. The van der Waals surface area contributed by atoms with Gasteiger partial charge in [0.05, 0.1) is 12.1 Å². The number of benzene rings is 9. The van der Waals surface area contributed by atoms with E-state index in [1.54, 1.807) is 0 Å². The highest BCUT2D eigenvalue weighted by molar-refractivity contribution is 5.98. The summed E-state index contributed by atoms with van der Waals surface area (Å²) in [6, 6.07) is 87.8. The number of aryl methyl sites for hydroxylation is 3. The van der Waals surface area contributed by atoms with Crippen LogP contribution in [-0.2, 0) is 26.2 Å². The van der Waals surface area contributed by atoms with Gasteiger partial charge in [-0.3, -0.25) is 24.4 Å². The van der Waals surface area contributed by atoms with E-state index in [1.165, 1.54) is 106 Å². The lowest BCUT2D eigenvalue weighted by Gasteiger charge is -2.46. The van der Waals surface area contributed by atoms with Gasteiger partial charge in [0.15, 0.2) is 5.78 Å². The highest BCUT2D eigenvalue weighted by atomic mass is 16.2. The Bertz CT molecular complexity index is 4670. The summed E-state index contributed by atoms with van der Waals surface area (Å²) in [7, 11) is 0. The average molecular weight is 1660 g/mol. The molecule has 7 N–H and O–H groups in total. The molecule has 123 heavy (non-hydrogen) atoms. The van der Waals surface area contributed by atoms with Crippen molar-refractivity contribution < 1.29 is 14.4 Å². The molecule has 7 heterocycles. The molecule has 9 aromatic carbocycles. The van der Waals surface area contributed by atoms with Crippen molar-refractivity contribution in [3.63, 3.8) is 0 Å². The van der Waals surface area contributed by atoms with E-state index < -0.39 is 0 Å². The van der Waals surface area contributed by atoms with Crippen LogP contribution in [0.15, 0.2) is 248 Å². The van der Waals surface area contributed by atoms with Crippen LogP contribution in [0.25, 0.3) is 5.70 Å². The van der Waals surface area contributed by atoms with Crippen molar-refractivity contribution in [2.45, 2.75) is 229 Å². The fraction of sp³-hybridized carbons (Fsp3) is 0.454. The summed E-state index contributed by atoms with van der Waals surface area (Å²) in [5.74, 6) is 1.72. The van der Waals surface area contributed by atoms with E-state index in [9.17, 15) is 14.4 Å². The lowest BCUT2D eigenvalue weighted by atomic mass is 9.88. The number of carbonyl (C=O) groups excluding carboxylic acids is 3. The molecule has 15 heteroatoms. The summed E-state index contributed by atoms with van der Waals surface area (Å²) >= 11 is 0. The number of ketones is 1. The Balaban J connectivity index is 0.000000147. The first-order chi connectivity index (χ1) is 59.5. The second-order valence-electron chi connectivity index (χ2n) is 36.8. The van der Waals surface area contributed by atoms with Gasteiger partial charge >= 0.3 is 12.1 Å². The van der Waals surface area contributed by atoms with Crippen molar-refractivity contribution in [3.8, 4) is 0 Å². The minimum atomic E-state index is 0.0638. The molecule has 4 amide bonds. The number of rotatable bonds is 21. The first-order valence-corrected chi connectivity index (χ1v) is 46.3. The number of likely N-dealkylation sites (tertiary alicyclic amines) is 4. The van der Waals surface area contributed by atoms with Gasteiger partial charge in [-0.05, 0) is 224 Å². The molecule has 15 nitrogen and oxygen atoms in total. The third-order valence-corrected chi connectivity index (χ3v) is 25.6. The van der Waals surface area contributed by atoms with Gasteiger partial charge in [-0.2, -0.15) is 0 Å². The van der Waals surface area contributed by atoms with Gasteiger partial charge in [-0.25, -0.2) is 9.59 Å². The van der Waals surface area contributed by atoms with Crippen LogP contribution in [0, 0.1) is 44.4 Å². The van der Waals surface area contributed by atoms with Crippen molar-refractivity contribution in [1.29, 1.82) is 0 Å². The molecule has 0 aromatic heterocycles.